The summed E-state index contributed by atoms with van der Waals surface area (Å²) >= 11 is 0. The minimum atomic E-state index is -1.16. The Morgan fingerprint density at radius 2 is 1.26 bits per heavy atom. The number of rotatable bonds is 14. The highest BCUT2D eigenvalue weighted by Gasteiger charge is 2.17. The molecule has 0 aliphatic heterocycles. The Morgan fingerprint density at radius 1 is 0.745 bits per heavy atom. The summed E-state index contributed by atoms with van der Waals surface area (Å²) < 4.78 is 0. The highest BCUT2D eigenvalue weighted by Crippen LogP contribution is 2.34. The maximum Gasteiger partial charge on any atom is 0.407 e. The van der Waals surface area contributed by atoms with Crippen molar-refractivity contribution in [1.29, 1.82) is 0 Å². The monoisotopic (exact) mass is 642 g/mol. The van der Waals surface area contributed by atoms with Crippen LogP contribution in [-0.4, -0.2) is 85.6 Å². The van der Waals surface area contributed by atoms with Gasteiger partial charge in [-0.05, 0) is 71.5 Å². The van der Waals surface area contributed by atoms with Gasteiger partial charge in [-0.2, -0.15) is 0 Å². The minimum Gasteiger partial charge on any atom is -0.465 e. The fourth-order valence-corrected chi connectivity index (χ4v) is 4.85. The maximum atomic E-state index is 13.1. The molecule has 2 aromatic carbocycles. The second-order valence-electron chi connectivity index (χ2n) is 10.8. The van der Waals surface area contributed by atoms with Gasteiger partial charge in [-0.25, -0.2) is 4.79 Å². The molecule has 7 N–H and O–H groups in total. The second kappa shape index (κ2) is 16.4. The SMILES string of the molecule is Cc1c(NC(=O)c2ccc(CNC(CO)CO)cn2)cccc1-c1cccc(NC(=O)c2ccc(CN(CCO)C(=O)O)cn2)c1C. The summed E-state index contributed by atoms with van der Waals surface area (Å²) in [6, 6.07) is 17.2. The van der Waals surface area contributed by atoms with Crippen LogP contribution in [0.4, 0.5) is 16.2 Å². The van der Waals surface area contributed by atoms with Crippen molar-refractivity contribution in [2.24, 2.45) is 0 Å². The third-order valence-electron chi connectivity index (χ3n) is 7.62. The molecule has 0 aliphatic rings. The van der Waals surface area contributed by atoms with Crippen molar-refractivity contribution >= 4 is 29.3 Å². The predicted molar refractivity (Wildman–Crippen MR) is 176 cm³/mol. The third kappa shape index (κ3) is 8.95. The molecule has 13 nitrogen and oxygen atoms in total. The molecule has 2 heterocycles. The standard InChI is InChI=1S/C34H38N6O7/c1-21-26(5-3-7-28(21)38-32(44)30-11-9-23(16-36-30)15-35-25(19-42)20-43)27-6-4-8-29(22(27)2)39-33(45)31-12-10-24(17-37-31)18-40(13-14-41)34(46)47/h3-12,16-17,25,35,41-43H,13-15,18-20H2,1-2H3,(H,38,44)(H,39,45)(H,46,47). The lowest BCUT2D eigenvalue weighted by molar-refractivity contribution is 0.101. The molecule has 4 aromatic rings. The van der Waals surface area contributed by atoms with Gasteiger partial charge in [0.1, 0.15) is 11.4 Å². The van der Waals surface area contributed by atoms with E-state index in [1.807, 2.05) is 38.1 Å². The third-order valence-corrected chi connectivity index (χ3v) is 7.62. The molecule has 0 unspecified atom stereocenters. The first-order valence-corrected chi connectivity index (χ1v) is 14.9. The Hall–Kier alpha value is -5.21. The molecule has 0 saturated carbocycles. The van der Waals surface area contributed by atoms with Crippen molar-refractivity contribution in [1.82, 2.24) is 20.2 Å². The van der Waals surface area contributed by atoms with Gasteiger partial charge in [-0.3, -0.25) is 19.6 Å². The zero-order valence-electron chi connectivity index (χ0n) is 26.1. The normalized spacial score (nSPS) is 10.9. The van der Waals surface area contributed by atoms with Crippen molar-refractivity contribution in [2.75, 3.05) is 37.0 Å². The van der Waals surface area contributed by atoms with Gasteiger partial charge in [0.25, 0.3) is 11.8 Å². The Bertz CT molecular complexity index is 1690. The van der Waals surface area contributed by atoms with E-state index in [2.05, 4.69) is 25.9 Å². The number of aliphatic hydroxyl groups is 3. The maximum absolute atomic E-state index is 13.1. The number of hydrogen-bond acceptors (Lipinski definition) is 9. The van der Waals surface area contributed by atoms with Gasteiger partial charge in [-0.1, -0.05) is 36.4 Å². The Morgan fingerprint density at radius 3 is 1.68 bits per heavy atom. The molecular weight excluding hydrogens is 604 g/mol. The molecule has 246 valence electrons. The number of carboxylic acid groups (broad SMARTS) is 1. The molecule has 0 radical (unpaired) electrons. The number of benzene rings is 2. The van der Waals surface area contributed by atoms with Crippen LogP contribution in [0.5, 0.6) is 0 Å². The van der Waals surface area contributed by atoms with Crippen molar-refractivity contribution in [3.05, 3.63) is 107 Å². The predicted octanol–water partition coefficient (Wildman–Crippen LogP) is 3.18. The molecule has 0 atom stereocenters. The molecular formula is C34H38N6O7. The first-order chi connectivity index (χ1) is 22.6. The Labute approximate surface area is 271 Å². The first-order valence-electron chi connectivity index (χ1n) is 14.9. The first kappa shape index (κ1) is 34.7. The quantitative estimate of drug-likeness (QED) is 0.107. The number of anilines is 2. The topological polar surface area (TPSA) is 197 Å². The average Bonchev–Trinajstić information content (AvgIpc) is 3.07. The number of nitrogens with zero attached hydrogens (tertiary/aromatic N) is 3. The molecule has 0 saturated heterocycles. The Balaban J connectivity index is 1.45. The van der Waals surface area contributed by atoms with E-state index in [1.54, 1.807) is 36.5 Å². The molecule has 2 aromatic heterocycles. The summed E-state index contributed by atoms with van der Waals surface area (Å²) in [6.45, 7) is 3.46. The number of hydrogen-bond donors (Lipinski definition) is 7. The molecule has 3 amide bonds. The zero-order chi connectivity index (χ0) is 33.9. The van der Waals surface area contributed by atoms with Crippen molar-refractivity contribution in [2.45, 2.75) is 33.0 Å². The van der Waals surface area contributed by atoms with Crippen LogP contribution in [0.2, 0.25) is 0 Å². The second-order valence-corrected chi connectivity index (χ2v) is 10.8. The molecule has 0 spiro atoms. The fourth-order valence-electron chi connectivity index (χ4n) is 4.85. The van der Waals surface area contributed by atoms with Crippen LogP contribution in [0.25, 0.3) is 11.1 Å². The van der Waals surface area contributed by atoms with Crippen LogP contribution < -0.4 is 16.0 Å². The van der Waals surface area contributed by atoms with E-state index in [1.165, 1.54) is 12.3 Å². The van der Waals surface area contributed by atoms with Gasteiger partial charge in [0.2, 0.25) is 0 Å². The molecule has 0 bridgehead atoms. The van der Waals surface area contributed by atoms with Crippen LogP contribution in [0.15, 0.2) is 73.1 Å². The lowest BCUT2D eigenvalue weighted by atomic mass is 9.94. The van der Waals surface area contributed by atoms with Crippen LogP contribution in [0.3, 0.4) is 0 Å². The van der Waals surface area contributed by atoms with E-state index in [0.717, 1.165) is 32.7 Å². The molecule has 4 rings (SSSR count). The van der Waals surface area contributed by atoms with Gasteiger partial charge in [0, 0.05) is 36.9 Å². The number of aliphatic hydroxyl groups excluding tert-OH is 3. The van der Waals surface area contributed by atoms with Crippen LogP contribution in [0, 0.1) is 13.8 Å². The number of carbonyl (C=O) groups excluding carboxylic acids is 2. The number of nitrogens with one attached hydrogen (secondary N) is 3. The fraction of sp³-hybridized carbons (Fsp3) is 0.265. The summed E-state index contributed by atoms with van der Waals surface area (Å²) in [4.78, 5) is 47.0. The molecule has 0 fully saturated rings. The van der Waals surface area contributed by atoms with E-state index in [0.29, 0.717) is 23.5 Å². The van der Waals surface area contributed by atoms with Gasteiger partial charge in [-0.15, -0.1) is 0 Å². The lowest BCUT2D eigenvalue weighted by Gasteiger charge is -2.18. The van der Waals surface area contributed by atoms with E-state index in [4.69, 9.17) is 5.11 Å². The van der Waals surface area contributed by atoms with Crippen molar-refractivity contribution in [3.8, 4) is 11.1 Å². The van der Waals surface area contributed by atoms with Crippen molar-refractivity contribution in [3.63, 3.8) is 0 Å². The average molecular weight is 643 g/mol. The lowest BCUT2D eigenvalue weighted by Crippen LogP contribution is -2.35. The largest absolute Gasteiger partial charge is 0.465 e. The summed E-state index contributed by atoms with van der Waals surface area (Å²) in [7, 11) is 0. The smallest absolute Gasteiger partial charge is 0.407 e. The van der Waals surface area contributed by atoms with Crippen molar-refractivity contribution < 1.29 is 34.8 Å². The minimum absolute atomic E-state index is 0.0317. The number of aromatic nitrogens is 2. The van der Waals surface area contributed by atoms with Gasteiger partial charge >= 0.3 is 6.09 Å². The summed E-state index contributed by atoms with van der Waals surface area (Å²) in [5.74, 6) is -0.815. The Kier molecular flexibility index (Phi) is 12.1. The molecule has 13 heteroatoms. The highest BCUT2D eigenvalue weighted by atomic mass is 16.4. The van der Waals surface area contributed by atoms with E-state index in [-0.39, 0.29) is 50.2 Å². The van der Waals surface area contributed by atoms with E-state index >= 15 is 0 Å². The van der Waals surface area contributed by atoms with Crippen LogP contribution in [-0.2, 0) is 13.1 Å². The number of carbonyl (C=O) groups is 3. The van der Waals surface area contributed by atoms with Gasteiger partial charge in [0.05, 0.1) is 32.4 Å². The van der Waals surface area contributed by atoms with Gasteiger partial charge < -0.3 is 41.3 Å². The molecule has 0 aliphatic carbocycles. The summed E-state index contributed by atoms with van der Waals surface area (Å²) in [5.41, 5.74) is 6.28. The number of amides is 3. The van der Waals surface area contributed by atoms with Gasteiger partial charge in [0.15, 0.2) is 0 Å². The van der Waals surface area contributed by atoms with E-state index in [9.17, 15) is 29.7 Å². The van der Waals surface area contributed by atoms with E-state index < -0.39 is 18.0 Å². The summed E-state index contributed by atoms with van der Waals surface area (Å²) in [5, 5.41) is 45.6. The zero-order valence-corrected chi connectivity index (χ0v) is 26.1. The number of pyridine rings is 2. The van der Waals surface area contributed by atoms with Crippen LogP contribution >= 0.6 is 0 Å². The highest BCUT2D eigenvalue weighted by molar-refractivity contribution is 6.05. The summed E-state index contributed by atoms with van der Waals surface area (Å²) in [6.07, 6.45) is 1.84. The van der Waals surface area contributed by atoms with Crippen LogP contribution in [0.1, 0.15) is 43.2 Å². The molecule has 47 heavy (non-hydrogen) atoms.